The minimum Gasteiger partial charge on any atom is -0.409 e. The Morgan fingerprint density at radius 3 is 3.12 bits per heavy atom. The SMILES string of the molecule is CCCOCC(=O)N1CCOC(C(N)=NO)C1. The van der Waals surface area contributed by atoms with Crippen molar-refractivity contribution in [3.8, 4) is 0 Å². The molecule has 1 saturated heterocycles. The number of amides is 1. The van der Waals surface area contributed by atoms with E-state index in [9.17, 15) is 4.79 Å². The molecule has 1 unspecified atom stereocenters. The van der Waals surface area contributed by atoms with Gasteiger partial charge in [-0.25, -0.2) is 0 Å². The highest BCUT2D eigenvalue weighted by molar-refractivity contribution is 5.86. The predicted octanol–water partition coefficient (Wildman–Crippen LogP) is -0.613. The average Bonchev–Trinajstić information content (AvgIpc) is 2.38. The van der Waals surface area contributed by atoms with E-state index in [2.05, 4.69) is 5.16 Å². The largest absolute Gasteiger partial charge is 0.409 e. The van der Waals surface area contributed by atoms with E-state index >= 15 is 0 Å². The number of nitrogens with two attached hydrogens (primary N) is 1. The lowest BCUT2D eigenvalue weighted by molar-refractivity contribution is -0.141. The standard InChI is InChI=1S/C10H19N3O4/c1-2-4-16-7-9(14)13-3-5-17-8(6-13)10(11)12-15/h8,15H,2-7H2,1H3,(H2,11,12). The van der Waals surface area contributed by atoms with Crippen molar-refractivity contribution in [1.82, 2.24) is 4.90 Å². The highest BCUT2D eigenvalue weighted by atomic mass is 16.5. The molecule has 0 bridgehead atoms. The molecule has 98 valence electrons. The van der Waals surface area contributed by atoms with Crippen molar-refractivity contribution in [3.63, 3.8) is 0 Å². The molecule has 1 atom stereocenters. The average molecular weight is 245 g/mol. The fourth-order valence-corrected chi connectivity index (χ4v) is 1.51. The Bertz CT molecular complexity index is 283. The second-order valence-electron chi connectivity index (χ2n) is 3.78. The van der Waals surface area contributed by atoms with Crippen LogP contribution in [0.1, 0.15) is 13.3 Å². The van der Waals surface area contributed by atoms with Crippen LogP contribution in [-0.2, 0) is 14.3 Å². The summed E-state index contributed by atoms with van der Waals surface area (Å²) in [6.45, 7) is 3.79. The van der Waals surface area contributed by atoms with E-state index < -0.39 is 6.10 Å². The zero-order valence-corrected chi connectivity index (χ0v) is 9.96. The molecule has 1 fully saturated rings. The monoisotopic (exact) mass is 245 g/mol. The third-order valence-electron chi connectivity index (χ3n) is 2.44. The number of carbonyl (C=O) groups is 1. The van der Waals surface area contributed by atoms with Crippen LogP contribution in [0.3, 0.4) is 0 Å². The van der Waals surface area contributed by atoms with Crippen LogP contribution in [0.25, 0.3) is 0 Å². The van der Waals surface area contributed by atoms with Gasteiger partial charge < -0.3 is 25.3 Å². The Labute approximate surface area is 100 Å². The topological polar surface area (TPSA) is 97.4 Å². The van der Waals surface area contributed by atoms with Gasteiger partial charge in [-0.15, -0.1) is 0 Å². The van der Waals surface area contributed by atoms with Crippen LogP contribution in [-0.4, -0.2) is 60.9 Å². The van der Waals surface area contributed by atoms with Gasteiger partial charge in [-0.05, 0) is 6.42 Å². The maximum atomic E-state index is 11.7. The van der Waals surface area contributed by atoms with Gasteiger partial charge in [0.15, 0.2) is 5.84 Å². The fourth-order valence-electron chi connectivity index (χ4n) is 1.51. The first-order valence-electron chi connectivity index (χ1n) is 5.63. The van der Waals surface area contributed by atoms with Crippen LogP contribution in [0.15, 0.2) is 5.16 Å². The smallest absolute Gasteiger partial charge is 0.248 e. The molecule has 1 rings (SSSR count). The molecule has 0 aromatic rings. The molecule has 7 heteroatoms. The van der Waals surface area contributed by atoms with Gasteiger partial charge in [0.1, 0.15) is 12.7 Å². The molecule has 0 aromatic heterocycles. The molecule has 1 aliphatic rings. The van der Waals surface area contributed by atoms with Crippen LogP contribution in [0, 0.1) is 0 Å². The minimum absolute atomic E-state index is 0.0167. The van der Waals surface area contributed by atoms with Crippen LogP contribution in [0.5, 0.6) is 0 Å². The Morgan fingerprint density at radius 2 is 2.47 bits per heavy atom. The third-order valence-corrected chi connectivity index (χ3v) is 2.44. The number of rotatable bonds is 5. The first-order chi connectivity index (χ1) is 8.19. The fraction of sp³-hybridized carbons (Fsp3) is 0.800. The summed E-state index contributed by atoms with van der Waals surface area (Å²) in [5.41, 5.74) is 5.44. The normalized spacial score (nSPS) is 21.6. The van der Waals surface area contributed by atoms with E-state index in [1.165, 1.54) is 0 Å². The maximum Gasteiger partial charge on any atom is 0.248 e. The van der Waals surface area contributed by atoms with E-state index in [1.54, 1.807) is 4.90 Å². The molecule has 3 N–H and O–H groups in total. The quantitative estimate of drug-likeness (QED) is 0.221. The third kappa shape index (κ3) is 4.20. The lowest BCUT2D eigenvalue weighted by Crippen LogP contribution is -2.51. The first kappa shape index (κ1) is 13.7. The van der Waals surface area contributed by atoms with Gasteiger partial charge in [0.2, 0.25) is 5.91 Å². The summed E-state index contributed by atoms with van der Waals surface area (Å²) in [6.07, 6.45) is 0.340. The molecule has 1 amide bonds. The zero-order chi connectivity index (χ0) is 12.7. The number of amidine groups is 1. The van der Waals surface area contributed by atoms with Crippen molar-refractivity contribution in [2.24, 2.45) is 10.9 Å². The van der Waals surface area contributed by atoms with Crippen LogP contribution in [0.4, 0.5) is 0 Å². The second-order valence-corrected chi connectivity index (χ2v) is 3.78. The molecule has 7 nitrogen and oxygen atoms in total. The van der Waals surface area contributed by atoms with Crippen LogP contribution >= 0.6 is 0 Å². The number of carbonyl (C=O) groups excluding carboxylic acids is 1. The summed E-state index contributed by atoms with van der Waals surface area (Å²) in [5.74, 6) is -0.116. The van der Waals surface area contributed by atoms with Crippen molar-refractivity contribution in [3.05, 3.63) is 0 Å². The Hall–Kier alpha value is -1.34. The molecule has 0 spiro atoms. The van der Waals surface area contributed by atoms with E-state index in [0.29, 0.717) is 26.3 Å². The maximum absolute atomic E-state index is 11.7. The molecular weight excluding hydrogens is 226 g/mol. The van der Waals surface area contributed by atoms with Crippen molar-refractivity contribution < 1.29 is 19.5 Å². The summed E-state index contributed by atoms with van der Waals surface area (Å²) >= 11 is 0. The van der Waals surface area contributed by atoms with E-state index in [1.807, 2.05) is 6.92 Å². The molecule has 0 aliphatic carbocycles. The molecule has 17 heavy (non-hydrogen) atoms. The van der Waals surface area contributed by atoms with Crippen molar-refractivity contribution >= 4 is 11.7 Å². The van der Waals surface area contributed by atoms with Gasteiger partial charge in [0, 0.05) is 13.2 Å². The summed E-state index contributed by atoms with van der Waals surface area (Å²) in [7, 11) is 0. The highest BCUT2D eigenvalue weighted by Crippen LogP contribution is 2.06. The van der Waals surface area contributed by atoms with Gasteiger partial charge in [0.05, 0.1) is 13.2 Å². The number of morpholine rings is 1. The Kier molecular flexibility index (Phi) is 5.71. The Balaban J connectivity index is 2.40. The molecule has 1 aliphatic heterocycles. The van der Waals surface area contributed by atoms with E-state index in [0.717, 1.165) is 6.42 Å². The van der Waals surface area contributed by atoms with Gasteiger partial charge >= 0.3 is 0 Å². The highest BCUT2D eigenvalue weighted by Gasteiger charge is 2.26. The van der Waals surface area contributed by atoms with E-state index in [-0.39, 0.29) is 18.3 Å². The zero-order valence-electron chi connectivity index (χ0n) is 9.96. The van der Waals surface area contributed by atoms with Gasteiger partial charge in [0.25, 0.3) is 0 Å². The van der Waals surface area contributed by atoms with Crippen molar-refractivity contribution in [2.75, 3.05) is 32.9 Å². The van der Waals surface area contributed by atoms with Crippen molar-refractivity contribution in [2.45, 2.75) is 19.4 Å². The molecular formula is C10H19N3O4. The molecule has 0 saturated carbocycles. The predicted molar refractivity (Wildman–Crippen MR) is 60.8 cm³/mol. The number of nitrogens with zero attached hydrogens (tertiary/aromatic N) is 2. The lowest BCUT2D eigenvalue weighted by atomic mass is 10.2. The lowest BCUT2D eigenvalue weighted by Gasteiger charge is -2.32. The minimum atomic E-state index is -0.538. The molecule has 0 radical (unpaired) electrons. The summed E-state index contributed by atoms with van der Waals surface area (Å²) in [4.78, 5) is 13.3. The summed E-state index contributed by atoms with van der Waals surface area (Å²) in [6, 6.07) is 0. The first-order valence-corrected chi connectivity index (χ1v) is 5.63. The van der Waals surface area contributed by atoms with Crippen molar-refractivity contribution in [1.29, 1.82) is 0 Å². The summed E-state index contributed by atoms with van der Waals surface area (Å²) in [5, 5.41) is 11.4. The van der Waals surface area contributed by atoms with Crippen LogP contribution < -0.4 is 5.73 Å². The van der Waals surface area contributed by atoms with Gasteiger partial charge in [-0.2, -0.15) is 0 Å². The van der Waals surface area contributed by atoms with Gasteiger partial charge in [-0.1, -0.05) is 12.1 Å². The number of ether oxygens (including phenoxy) is 2. The molecule has 0 aromatic carbocycles. The van der Waals surface area contributed by atoms with Gasteiger partial charge in [-0.3, -0.25) is 4.79 Å². The second kappa shape index (κ2) is 7.08. The van der Waals surface area contributed by atoms with E-state index in [4.69, 9.17) is 20.4 Å². The number of hydrogen-bond donors (Lipinski definition) is 2. The molecule has 1 heterocycles. The number of hydrogen-bond acceptors (Lipinski definition) is 5. The number of oxime groups is 1. The summed E-state index contributed by atoms with van der Waals surface area (Å²) < 4.78 is 10.5. The Morgan fingerprint density at radius 1 is 1.71 bits per heavy atom. The van der Waals surface area contributed by atoms with Crippen LogP contribution in [0.2, 0.25) is 0 Å².